The fourth-order valence-corrected chi connectivity index (χ4v) is 3.87. The largest absolute Gasteiger partial charge is 0.355 e. The van der Waals surface area contributed by atoms with Gasteiger partial charge in [-0.1, -0.05) is 12.1 Å². The molecule has 1 aromatic carbocycles. The number of hydrogen-bond donors (Lipinski definition) is 2. The van der Waals surface area contributed by atoms with Crippen molar-refractivity contribution in [2.75, 3.05) is 12.4 Å². The lowest BCUT2D eigenvalue weighted by molar-refractivity contribution is -0.117. The van der Waals surface area contributed by atoms with Gasteiger partial charge in [0.2, 0.25) is 5.91 Å². The van der Waals surface area contributed by atoms with Crippen LogP contribution in [0.4, 0.5) is 10.2 Å². The number of allylic oxidation sites excluding steroid dienone is 1. The van der Waals surface area contributed by atoms with Gasteiger partial charge in [0, 0.05) is 54.7 Å². The Hall–Kier alpha value is -3.94. The van der Waals surface area contributed by atoms with E-state index in [0.29, 0.717) is 51.3 Å². The maximum Gasteiger partial charge on any atom is 0.253 e. The molecule has 5 rings (SSSR count). The second-order valence-electron chi connectivity index (χ2n) is 7.89. The van der Waals surface area contributed by atoms with Gasteiger partial charge < -0.3 is 10.6 Å². The number of rotatable bonds is 5. The number of pyridine rings is 1. The molecule has 0 atom stereocenters. The number of halogens is 1. The van der Waals surface area contributed by atoms with Crippen molar-refractivity contribution in [2.24, 2.45) is 5.92 Å². The smallest absolute Gasteiger partial charge is 0.253 e. The van der Waals surface area contributed by atoms with Crippen LogP contribution in [0.1, 0.15) is 39.9 Å². The van der Waals surface area contributed by atoms with E-state index in [4.69, 9.17) is 0 Å². The first-order chi connectivity index (χ1) is 15.5. The van der Waals surface area contributed by atoms with Gasteiger partial charge >= 0.3 is 0 Å². The summed E-state index contributed by atoms with van der Waals surface area (Å²) in [5.41, 5.74) is 4.10. The zero-order chi connectivity index (χ0) is 22.2. The van der Waals surface area contributed by atoms with E-state index in [0.717, 1.165) is 12.8 Å². The molecule has 2 N–H and O–H groups in total. The summed E-state index contributed by atoms with van der Waals surface area (Å²) in [6.45, 7) is 0. The maximum atomic E-state index is 15.1. The van der Waals surface area contributed by atoms with E-state index in [-0.39, 0.29) is 17.7 Å². The highest BCUT2D eigenvalue weighted by molar-refractivity contribution is 6.04. The minimum Gasteiger partial charge on any atom is -0.355 e. The summed E-state index contributed by atoms with van der Waals surface area (Å²) in [6, 6.07) is 4.92. The van der Waals surface area contributed by atoms with Gasteiger partial charge in [-0.2, -0.15) is 0 Å². The highest BCUT2D eigenvalue weighted by Gasteiger charge is 2.32. The van der Waals surface area contributed by atoms with Crippen LogP contribution in [0.5, 0.6) is 0 Å². The highest BCUT2D eigenvalue weighted by atomic mass is 19.1. The topological polar surface area (TPSA) is 96.9 Å². The molecule has 32 heavy (non-hydrogen) atoms. The van der Waals surface area contributed by atoms with Crippen molar-refractivity contribution in [3.63, 3.8) is 0 Å². The Labute approximate surface area is 183 Å². The minimum absolute atomic E-state index is 0.0194. The number of carbonyl (C=O) groups is 2. The van der Waals surface area contributed by atoms with E-state index in [1.807, 2.05) is 0 Å². The number of carbonyl (C=O) groups excluding carboxylic acids is 2. The fourth-order valence-electron chi connectivity index (χ4n) is 3.87. The third-order valence-corrected chi connectivity index (χ3v) is 5.75. The van der Waals surface area contributed by atoms with Gasteiger partial charge in [-0.15, -0.1) is 0 Å². The van der Waals surface area contributed by atoms with Gasteiger partial charge in [-0.05, 0) is 36.1 Å². The second kappa shape index (κ2) is 7.96. The van der Waals surface area contributed by atoms with Crippen molar-refractivity contribution in [1.29, 1.82) is 0 Å². The SMILES string of the molecule is CNC(=O)c1cnc(NC(=O)C2CC2)c2c1C=C(c1ccc(-c3cnccn3)cc1F)C2. The van der Waals surface area contributed by atoms with Crippen molar-refractivity contribution in [2.45, 2.75) is 19.3 Å². The minimum atomic E-state index is -0.398. The van der Waals surface area contributed by atoms with Crippen LogP contribution in [-0.4, -0.2) is 33.8 Å². The molecule has 2 heterocycles. The molecule has 160 valence electrons. The predicted molar refractivity (Wildman–Crippen MR) is 118 cm³/mol. The van der Waals surface area contributed by atoms with Crippen LogP contribution >= 0.6 is 0 Å². The van der Waals surface area contributed by atoms with E-state index in [1.165, 1.54) is 12.3 Å². The third-order valence-electron chi connectivity index (χ3n) is 5.75. The van der Waals surface area contributed by atoms with E-state index >= 15 is 4.39 Å². The first kappa shape index (κ1) is 20.0. The van der Waals surface area contributed by atoms with Crippen LogP contribution in [0.15, 0.2) is 43.0 Å². The molecule has 0 radical (unpaired) electrons. The van der Waals surface area contributed by atoms with Crippen molar-refractivity contribution in [3.05, 3.63) is 71.1 Å². The van der Waals surface area contributed by atoms with Gasteiger partial charge in [0.25, 0.3) is 5.91 Å². The number of hydrogen-bond acceptors (Lipinski definition) is 5. The molecule has 7 nitrogen and oxygen atoms in total. The number of anilines is 1. The van der Waals surface area contributed by atoms with Crippen LogP contribution < -0.4 is 10.6 Å². The molecule has 0 unspecified atom stereocenters. The third kappa shape index (κ3) is 3.64. The zero-order valence-corrected chi connectivity index (χ0v) is 17.4. The lowest BCUT2D eigenvalue weighted by Gasteiger charge is -2.12. The molecule has 1 fully saturated rings. The molecular weight excluding hydrogens is 409 g/mol. The average Bonchev–Trinajstić information content (AvgIpc) is 3.58. The van der Waals surface area contributed by atoms with Gasteiger partial charge in [0.1, 0.15) is 11.6 Å². The van der Waals surface area contributed by atoms with Crippen molar-refractivity contribution in [1.82, 2.24) is 20.3 Å². The number of fused-ring (bicyclic) bond motifs is 1. The Kier molecular flexibility index (Phi) is 4.97. The summed E-state index contributed by atoms with van der Waals surface area (Å²) in [5, 5.41) is 5.49. The second-order valence-corrected chi connectivity index (χ2v) is 7.89. The highest BCUT2D eigenvalue weighted by Crippen LogP contribution is 2.39. The quantitative estimate of drug-likeness (QED) is 0.647. The summed E-state index contributed by atoms with van der Waals surface area (Å²) in [4.78, 5) is 37.3. The van der Waals surface area contributed by atoms with Crippen molar-refractivity contribution < 1.29 is 14.0 Å². The first-order valence-corrected chi connectivity index (χ1v) is 10.4. The Morgan fingerprint density at radius 1 is 1.12 bits per heavy atom. The van der Waals surface area contributed by atoms with Gasteiger partial charge in [-0.3, -0.25) is 19.6 Å². The molecule has 3 aromatic rings. The molecule has 8 heteroatoms. The Morgan fingerprint density at radius 2 is 1.97 bits per heavy atom. The van der Waals surface area contributed by atoms with Crippen molar-refractivity contribution >= 4 is 29.3 Å². The van der Waals surface area contributed by atoms with E-state index < -0.39 is 5.82 Å². The fraction of sp³-hybridized carbons (Fsp3) is 0.208. The van der Waals surface area contributed by atoms with Crippen LogP contribution in [0.3, 0.4) is 0 Å². The summed E-state index contributed by atoms with van der Waals surface area (Å²) in [7, 11) is 1.54. The summed E-state index contributed by atoms with van der Waals surface area (Å²) >= 11 is 0. The monoisotopic (exact) mass is 429 g/mol. The standard InChI is InChI=1S/C24H20FN5O2/c1-26-24(32)19-11-29-22(30-23(31)13-2-3-13)18-9-15(8-17(18)19)16-5-4-14(10-20(16)25)21-12-27-6-7-28-21/h4-8,10-13H,2-3,9H2,1H3,(H,26,32)(H,29,30,31). The summed E-state index contributed by atoms with van der Waals surface area (Å²) in [5.74, 6) is -0.311. The van der Waals surface area contributed by atoms with Gasteiger partial charge in [0.15, 0.2) is 0 Å². The molecule has 0 spiro atoms. The maximum absolute atomic E-state index is 15.1. The van der Waals surface area contributed by atoms with E-state index in [2.05, 4.69) is 25.6 Å². The molecule has 2 amide bonds. The lowest BCUT2D eigenvalue weighted by atomic mass is 10.0. The number of nitrogens with one attached hydrogen (secondary N) is 2. The summed E-state index contributed by atoms with van der Waals surface area (Å²) < 4.78 is 15.1. The first-order valence-electron chi connectivity index (χ1n) is 10.4. The van der Waals surface area contributed by atoms with Crippen LogP contribution in [-0.2, 0) is 11.2 Å². The predicted octanol–water partition coefficient (Wildman–Crippen LogP) is 3.48. The number of benzene rings is 1. The zero-order valence-electron chi connectivity index (χ0n) is 17.4. The average molecular weight is 429 g/mol. The molecule has 0 aliphatic heterocycles. The van der Waals surface area contributed by atoms with Crippen LogP contribution in [0.25, 0.3) is 22.9 Å². The molecule has 2 aliphatic rings. The molecule has 0 bridgehead atoms. The number of amides is 2. The number of aromatic nitrogens is 3. The number of nitrogens with zero attached hydrogens (tertiary/aromatic N) is 3. The van der Waals surface area contributed by atoms with Gasteiger partial charge in [0.05, 0.1) is 17.5 Å². The molecule has 2 aliphatic carbocycles. The molecular formula is C24H20FN5O2. The van der Waals surface area contributed by atoms with Crippen LogP contribution in [0.2, 0.25) is 0 Å². The molecule has 1 saturated carbocycles. The van der Waals surface area contributed by atoms with E-state index in [1.54, 1.807) is 43.8 Å². The Bertz CT molecular complexity index is 1270. The normalized spacial score (nSPS) is 14.5. The Morgan fingerprint density at radius 3 is 2.66 bits per heavy atom. The molecule has 0 saturated heterocycles. The Balaban J connectivity index is 1.51. The summed E-state index contributed by atoms with van der Waals surface area (Å²) in [6.07, 6.45) is 10.1. The lowest BCUT2D eigenvalue weighted by Crippen LogP contribution is -2.21. The van der Waals surface area contributed by atoms with Crippen LogP contribution in [0, 0.1) is 11.7 Å². The molecule has 2 aromatic heterocycles. The van der Waals surface area contributed by atoms with Crippen molar-refractivity contribution in [3.8, 4) is 11.3 Å². The van der Waals surface area contributed by atoms with E-state index in [9.17, 15) is 9.59 Å². The van der Waals surface area contributed by atoms with Gasteiger partial charge in [-0.25, -0.2) is 9.37 Å².